The summed E-state index contributed by atoms with van der Waals surface area (Å²) in [7, 11) is 0. The maximum Gasteiger partial charge on any atom is 0.249 e. The molecular weight excluding hydrogens is 270 g/mol. The normalized spacial score (nSPS) is 17.5. The number of hydrogen-bond acceptors (Lipinski definition) is 4. The van der Waals surface area contributed by atoms with E-state index in [0.29, 0.717) is 26.2 Å². The molecule has 1 aliphatic rings. The van der Waals surface area contributed by atoms with Crippen LogP contribution in [0.4, 0.5) is 0 Å². The van der Waals surface area contributed by atoms with Gasteiger partial charge in [-0.25, -0.2) is 0 Å². The van der Waals surface area contributed by atoms with Gasteiger partial charge < -0.3 is 15.0 Å². The van der Waals surface area contributed by atoms with Gasteiger partial charge in [0.25, 0.3) is 0 Å². The van der Waals surface area contributed by atoms with Crippen molar-refractivity contribution in [2.75, 3.05) is 19.7 Å². The van der Waals surface area contributed by atoms with E-state index in [1.165, 1.54) is 6.92 Å². The van der Waals surface area contributed by atoms with Crippen molar-refractivity contribution in [3.63, 3.8) is 0 Å². The largest absolute Gasteiger partial charge is 0.368 e. The Balaban J connectivity index is 1.77. The topological polar surface area (TPSA) is 71.5 Å². The van der Waals surface area contributed by atoms with Crippen molar-refractivity contribution in [1.29, 1.82) is 0 Å². The first-order valence-corrected chi connectivity index (χ1v) is 7.21. The van der Waals surface area contributed by atoms with E-state index in [4.69, 9.17) is 4.74 Å². The molecule has 6 heteroatoms. The summed E-state index contributed by atoms with van der Waals surface area (Å²) in [5, 5.41) is 2.82. The van der Waals surface area contributed by atoms with Crippen molar-refractivity contribution >= 4 is 11.8 Å². The summed E-state index contributed by atoms with van der Waals surface area (Å²) in [6.07, 6.45) is 3.08. The fourth-order valence-corrected chi connectivity index (χ4v) is 2.25. The molecule has 1 fully saturated rings. The van der Waals surface area contributed by atoms with Crippen molar-refractivity contribution in [2.45, 2.75) is 32.4 Å². The third-order valence-corrected chi connectivity index (χ3v) is 3.43. The van der Waals surface area contributed by atoms with Crippen molar-refractivity contribution in [1.82, 2.24) is 15.2 Å². The molecule has 2 heterocycles. The third-order valence-electron chi connectivity index (χ3n) is 3.43. The summed E-state index contributed by atoms with van der Waals surface area (Å²) in [5.74, 6) is -0.124. The number of aromatic nitrogens is 1. The van der Waals surface area contributed by atoms with E-state index in [1.807, 2.05) is 18.2 Å². The zero-order valence-electron chi connectivity index (χ0n) is 12.2. The minimum absolute atomic E-state index is 0.0352. The molecule has 1 saturated heterocycles. The van der Waals surface area contributed by atoms with Crippen molar-refractivity contribution in [3.05, 3.63) is 30.1 Å². The fourth-order valence-electron chi connectivity index (χ4n) is 2.25. The van der Waals surface area contributed by atoms with Gasteiger partial charge in [-0.1, -0.05) is 6.07 Å². The highest BCUT2D eigenvalue weighted by molar-refractivity contribution is 5.81. The van der Waals surface area contributed by atoms with Crippen molar-refractivity contribution in [3.8, 4) is 0 Å². The van der Waals surface area contributed by atoms with Gasteiger partial charge >= 0.3 is 0 Å². The van der Waals surface area contributed by atoms with Crippen LogP contribution in [0.15, 0.2) is 24.4 Å². The first-order chi connectivity index (χ1) is 10.2. The Labute approximate surface area is 124 Å². The second kappa shape index (κ2) is 7.73. The van der Waals surface area contributed by atoms with Gasteiger partial charge in [0.2, 0.25) is 11.8 Å². The van der Waals surface area contributed by atoms with Crippen LogP contribution in [0.2, 0.25) is 0 Å². The molecule has 1 atom stereocenters. The lowest BCUT2D eigenvalue weighted by atomic mass is 10.2. The molecule has 0 aliphatic carbocycles. The number of amides is 2. The number of ether oxygens (including phenoxy) is 1. The first-order valence-electron chi connectivity index (χ1n) is 7.21. The van der Waals surface area contributed by atoms with Crippen LogP contribution in [0.5, 0.6) is 0 Å². The van der Waals surface area contributed by atoms with Crippen LogP contribution in [0.1, 0.15) is 25.5 Å². The van der Waals surface area contributed by atoms with Gasteiger partial charge in [-0.2, -0.15) is 0 Å². The van der Waals surface area contributed by atoms with Crippen LogP contribution in [0.25, 0.3) is 0 Å². The van der Waals surface area contributed by atoms with Gasteiger partial charge in [-0.15, -0.1) is 0 Å². The first kappa shape index (κ1) is 15.4. The van der Waals surface area contributed by atoms with Crippen LogP contribution in [-0.4, -0.2) is 47.5 Å². The molecule has 1 aromatic heterocycles. The van der Waals surface area contributed by atoms with Crippen molar-refractivity contribution < 1.29 is 14.3 Å². The highest BCUT2D eigenvalue weighted by Gasteiger charge is 2.23. The molecule has 0 saturated carbocycles. The Hall–Kier alpha value is -1.95. The summed E-state index contributed by atoms with van der Waals surface area (Å²) < 4.78 is 5.31. The predicted molar refractivity (Wildman–Crippen MR) is 77.3 cm³/mol. The third kappa shape index (κ3) is 4.82. The van der Waals surface area contributed by atoms with E-state index in [-0.39, 0.29) is 17.9 Å². The highest BCUT2D eigenvalue weighted by Crippen LogP contribution is 2.11. The molecule has 0 spiro atoms. The zero-order valence-corrected chi connectivity index (χ0v) is 12.2. The number of carbonyl (C=O) groups excluding carboxylic acids is 2. The van der Waals surface area contributed by atoms with Gasteiger partial charge in [0.15, 0.2) is 0 Å². The number of carbonyl (C=O) groups is 2. The maximum atomic E-state index is 11.8. The molecule has 2 amide bonds. The lowest BCUT2D eigenvalue weighted by Gasteiger charge is -2.21. The Morgan fingerprint density at radius 2 is 2.33 bits per heavy atom. The molecule has 0 bridgehead atoms. The lowest BCUT2D eigenvalue weighted by Crippen LogP contribution is -2.40. The van der Waals surface area contributed by atoms with E-state index in [1.54, 1.807) is 11.1 Å². The summed E-state index contributed by atoms with van der Waals surface area (Å²) in [6.45, 7) is 3.50. The summed E-state index contributed by atoms with van der Waals surface area (Å²) in [4.78, 5) is 29.3. The van der Waals surface area contributed by atoms with Gasteiger partial charge in [0.05, 0.1) is 12.2 Å². The molecule has 1 N–H and O–H groups in total. The molecule has 0 radical (unpaired) electrons. The number of rotatable bonds is 6. The average molecular weight is 291 g/mol. The molecular formula is C15H21N3O3. The molecule has 1 unspecified atom stereocenters. The minimum Gasteiger partial charge on any atom is -0.368 e. The molecule has 1 aromatic rings. The van der Waals surface area contributed by atoms with Crippen LogP contribution >= 0.6 is 0 Å². The second-order valence-corrected chi connectivity index (χ2v) is 5.05. The van der Waals surface area contributed by atoms with Gasteiger partial charge in [0.1, 0.15) is 6.10 Å². The van der Waals surface area contributed by atoms with E-state index >= 15 is 0 Å². The number of nitrogens with zero attached hydrogens (tertiary/aromatic N) is 2. The molecule has 0 aromatic carbocycles. The highest BCUT2D eigenvalue weighted by atomic mass is 16.5. The Morgan fingerprint density at radius 1 is 1.48 bits per heavy atom. The fraction of sp³-hybridized carbons (Fsp3) is 0.533. The van der Waals surface area contributed by atoms with Crippen molar-refractivity contribution in [2.24, 2.45) is 0 Å². The second-order valence-electron chi connectivity index (χ2n) is 5.05. The molecule has 6 nitrogen and oxygen atoms in total. The van der Waals surface area contributed by atoms with Gasteiger partial charge in [0, 0.05) is 32.8 Å². The lowest BCUT2D eigenvalue weighted by molar-refractivity contribution is -0.132. The zero-order chi connectivity index (χ0) is 15.1. The number of hydrogen-bond donors (Lipinski definition) is 1. The summed E-state index contributed by atoms with van der Waals surface area (Å²) >= 11 is 0. The van der Waals surface area contributed by atoms with Gasteiger partial charge in [-0.05, 0) is 25.0 Å². The smallest absolute Gasteiger partial charge is 0.249 e. The minimum atomic E-state index is -0.327. The Kier molecular flexibility index (Phi) is 5.68. The predicted octanol–water partition coefficient (Wildman–Crippen LogP) is 0.725. The van der Waals surface area contributed by atoms with Crippen LogP contribution in [0.3, 0.4) is 0 Å². The van der Waals surface area contributed by atoms with Crippen LogP contribution < -0.4 is 5.32 Å². The monoisotopic (exact) mass is 291 g/mol. The van der Waals surface area contributed by atoms with Crippen LogP contribution in [-0.2, 0) is 20.9 Å². The van der Waals surface area contributed by atoms with Crippen LogP contribution in [0, 0.1) is 0 Å². The van der Waals surface area contributed by atoms with E-state index in [2.05, 4.69) is 10.3 Å². The standard InChI is InChI=1S/C15H21N3O3/c1-12(19)18(11-13-5-2-3-7-16-13)9-8-17-15(20)14-6-4-10-21-14/h2-3,5,7,14H,4,6,8-11H2,1H3,(H,17,20). The summed E-state index contributed by atoms with van der Waals surface area (Å²) in [5.41, 5.74) is 0.832. The molecule has 1 aliphatic heterocycles. The summed E-state index contributed by atoms with van der Waals surface area (Å²) in [6, 6.07) is 5.60. The SMILES string of the molecule is CC(=O)N(CCNC(=O)C1CCCO1)Cc1ccccn1. The maximum absolute atomic E-state index is 11.8. The number of pyridine rings is 1. The molecule has 2 rings (SSSR count). The molecule has 114 valence electrons. The van der Waals surface area contributed by atoms with Gasteiger partial charge in [-0.3, -0.25) is 14.6 Å². The van der Waals surface area contributed by atoms with E-state index in [9.17, 15) is 9.59 Å². The number of nitrogens with one attached hydrogen (secondary N) is 1. The Bertz CT molecular complexity index is 472. The quantitative estimate of drug-likeness (QED) is 0.838. The Morgan fingerprint density at radius 3 is 2.95 bits per heavy atom. The molecule has 21 heavy (non-hydrogen) atoms. The average Bonchev–Trinajstić information content (AvgIpc) is 3.01. The van der Waals surface area contributed by atoms with E-state index in [0.717, 1.165) is 18.5 Å². The van der Waals surface area contributed by atoms with E-state index < -0.39 is 0 Å².